The lowest BCUT2D eigenvalue weighted by Gasteiger charge is -2.09. The Hall–Kier alpha value is -1.44. The number of halogens is 1. The van der Waals surface area contributed by atoms with Crippen molar-refractivity contribution in [2.24, 2.45) is 0 Å². The molecule has 1 aromatic carbocycles. The summed E-state index contributed by atoms with van der Waals surface area (Å²) in [7, 11) is -3.75. The normalized spacial score (nSPS) is 11.5. The van der Waals surface area contributed by atoms with Gasteiger partial charge in [0.2, 0.25) is 0 Å². The van der Waals surface area contributed by atoms with E-state index >= 15 is 0 Å². The van der Waals surface area contributed by atoms with Gasteiger partial charge in [-0.25, -0.2) is 12.8 Å². The van der Waals surface area contributed by atoms with Gasteiger partial charge in [0.05, 0.1) is 12.3 Å². The molecule has 0 amide bonds. The molecule has 0 aliphatic carbocycles. The van der Waals surface area contributed by atoms with E-state index in [-0.39, 0.29) is 22.1 Å². The fourth-order valence-electron chi connectivity index (χ4n) is 1.49. The van der Waals surface area contributed by atoms with E-state index in [4.69, 9.17) is 5.11 Å². The van der Waals surface area contributed by atoms with Gasteiger partial charge >= 0.3 is 0 Å². The number of aliphatic hydroxyl groups excluding tert-OH is 1. The number of benzene rings is 1. The standard InChI is InChI=1S/C12H12FNO3S2/c1-8-10(13)3-2-4-11(8)14-19(16,17)12-5-9(6-15)7-18-12/h2-5,7,14-15H,6H2,1H3. The molecule has 0 aliphatic heterocycles. The number of hydrogen-bond acceptors (Lipinski definition) is 4. The molecule has 0 radical (unpaired) electrons. The first kappa shape index (κ1) is 14.0. The minimum absolute atomic E-state index is 0.0835. The summed E-state index contributed by atoms with van der Waals surface area (Å²) < 4.78 is 40.0. The second-order valence-corrected chi connectivity index (χ2v) is 6.77. The van der Waals surface area contributed by atoms with Crippen LogP contribution in [-0.2, 0) is 16.6 Å². The van der Waals surface area contributed by atoms with Gasteiger partial charge in [0.1, 0.15) is 10.0 Å². The summed E-state index contributed by atoms with van der Waals surface area (Å²) in [5.74, 6) is -0.470. The predicted molar refractivity (Wildman–Crippen MR) is 72.2 cm³/mol. The lowest BCUT2D eigenvalue weighted by atomic mass is 10.2. The number of nitrogens with one attached hydrogen (secondary N) is 1. The molecule has 1 aromatic heterocycles. The van der Waals surface area contributed by atoms with Gasteiger partial charge in [-0.05, 0) is 36.1 Å². The molecule has 1 heterocycles. The van der Waals surface area contributed by atoms with E-state index in [1.54, 1.807) is 5.38 Å². The largest absolute Gasteiger partial charge is 0.392 e. The van der Waals surface area contributed by atoms with Crippen molar-refractivity contribution in [3.63, 3.8) is 0 Å². The molecule has 2 N–H and O–H groups in total. The second-order valence-electron chi connectivity index (χ2n) is 3.95. The van der Waals surface area contributed by atoms with Crippen LogP contribution in [-0.4, -0.2) is 13.5 Å². The van der Waals surface area contributed by atoms with Gasteiger partial charge in [-0.15, -0.1) is 11.3 Å². The van der Waals surface area contributed by atoms with Crippen molar-refractivity contribution in [3.8, 4) is 0 Å². The Bertz CT molecular complexity index is 695. The number of aliphatic hydroxyl groups is 1. The van der Waals surface area contributed by atoms with Crippen molar-refractivity contribution in [2.75, 3.05) is 4.72 Å². The van der Waals surface area contributed by atoms with Crippen molar-refractivity contribution < 1.29 is 17.9 Å². The molecular weight excluding hydrogens is 289 g/mol. The molecule has 19 heavy (non-hydrogen) atoms. The zero-order valence-corrected chi connectivity index (χ0v) is 11.7. The van der Waals surface area contributed by atoms with E-state index in [0.29, 0.717) is 5.56 Å². The smallest absolute Gasteiger partial charge is 0.271 e. The molecule has 0 saturated carbocycles. The fraction of sp³-hybridized carbons (Fsp3) is 0.167. The first-order valence-corrected chi connectivity index (χ1v) is 7.76. The van der Waals surface area contributed by atoms with Gasteiger partial charge in [0.15, 0.2) is 0 Å². The van der Waals surface area contributed by atoms with Gasteiger partial charge in [-0.3, -0.25) is 4.72 Å². The Labute approximate surface area is 114 Å². The number of rotatable bonds is 4. The Morgan fingerprint density at radius 3 is 2.79 bits per heavy atom. The molecule has 0 fully saturated rings. The first-order valence-electron chi connectivity index (χ1n) is 5.40. The molecule has 0 aliphatic rings. The number of hydrogen-bond donors (Lipinski definition) is 2. The summed E-state index contributed by atoms with van der Waals surface area (Å²) in [5, 5.41) is 10.5. The highest BCUT2D eigenvalue weighted by molar-refractivity contribution is 7.94. The monoisotopic (exact) mass is 301 g/mol. The summed E-state index contributed by atoms with van der Waals surface area (Å²) in [4.78, 5) is 0. The lowest BCUT2D eigenvalue weighted by Crippen LogP contribution is -2.12. The third-order valence-electron chi connectivity index (χ3n) is 2.59. The van der Waals surface area contributed by atoms with Gasteiger partial charge < -0.3 is 5.11 Å². The Morgan fingerprint density at radius 2 is 2.16 bits per heavy atom. The molecule has 2 aromatic rings. The highest BCUT2D eigenvalue weighted by Crippen LogP contribution is 2.25. The molecule has 0 unspecified atom stereocenters. The van der Waals surface area contributed by atoms with Gasteiger partial charge in [0.25, 0.3) is 10.0 Å². The SMILES string of the molecule is Cc1c(F)cccc1NS(=O)(=O)c1cc(CO)cs1. The first-order chi connectivity index (χ1) is 8.94. The van der Waals surface area contributed by atoms with Crippen molar-refractivity contribution in [3.05, 3.63) is 46.6 Å². The van der Waals surface area contributed by atoms with E-state index in [2.05, 4.69) is 4.72 Å². The average molecular weight is 301 g/mol. The third-order valence-corrected chi connectivity index (χ3v) is 5.44. The summed E-state index contributed by atoms with van der Waals surface area (Å²) in [5.41, 5.74) is 0.977. The maximum atomic E-state index is 13.4. The van der Waals surface area contributed by atoms with E-state index < -0.39 is 15.8 Å². The van der Waals surface area contributed by atoms with Crippen LogP contribution >= 0.6 is 11.3 Å². The quantitative estimate of drug-likeness (QED) is 0.912. The summed E-state index contributed by atoms with van der Waals surface area (Å²) in [6.07, 6.45) is 0. The second kappa shape index (κ2) is 5.28. The number of thiophene rings is 1. The zero-order chi connectivity index (χ0) is 14.0. The summed E-state index contributed by atoms with van der Waals surface area (Å²) in [6.45, 7) is 1.28. The molecule has 0 saturated heterocycles. The molecule has 0 atom stereocenters. The molecular formula is C12H12FNO3S2. The molecule has 0 spiro atoms. The van der Waals surface area contributed by atoms with Crippen LogP contribution in [0.25, 0.3) is 0 Å². The zero-order valence-electron chi connectivity index (χ0n) is 10.1. The van der Waals surface area contributed by atoms with Crippen molar-refractivity contribution >= 4 is 27.0 Å². The Balaban J connectivity index is 2.33. The van der Waals surface area contributed by atoms with Crippen molar-refractivity contribution in [1.82, 2.24) is 0 Å². The fourth-order valence-corrected chi connectivity index (χ4v) is 3.81. The molecule has 7 heteroatoms. The van der Waals surface area contributed by atoms with Crippen molar-refractivity contribution in [2.45, 2.75) is 17.7 Å². The lowest BCUT2D eigenvalue weighted by molar-refractivity contribution is 0.282. The van der Waals surface area contributed by atoms with E-state index in [9.17, 15) is 12.8 Å². The van der Waals surface area contributed by atoms with Crippen LogP contribution < -0.4 is 4.72 Å². The molecule has 0 bridgehead atoms. The van der Waals surface area contributed by atoms with Crippen LogP contribution in [0.5, 0.6) is 0 Å². The average Bonchev–Trinajstić information content (AvgIpc) is 2.84. The molecule has 2 rings (SSSR count). The van der Waals surface area contributed by atoms with Gasteiger partial charge in [0, 0.05) is 5.56 Å². The van der Waals surface area contributed by atoms with Crippen LogP contribution in [0.1, 0.15) is 11.1 Å². The third kappa shape index (κ3) is 2.94. The van der Waals surface area contributed by atoms with E-state index in [1.165, 1.54) is 31.2 Å². The van der Waals surface area contributed by atoms with Crippen LogP contribution in [0.4, 0.5) is 10.1 Å². The highest BCUT2D eigenvalue weighted by atomic mass is 32.2. The summed E-state index contributed by atoms with van der Waals surface area (Å²) >= 11 is 1.01. The van der Waals surface area contributed by atoms with Crippen LogP contribution in [0, 0.1) is 12.7 Å². The minimum Gasteiger partial charge on any atom is -0.392 e. The maximum Gasteiger partial charge on any atom is 0.271 e. The van der Waals surface area contributed by atoms with E-state index in [0.717, 1.165) is 11.3 Å². The van der Waals surface area contributed by atoms with E-state index in [1.807, 2.05) is 0 Å². The Kier molecular flexibility index (Phi) is 3.88. The number of sulfonamides is 1. The predicted octanol–water partition coefficient (Wildman–Crippen LogP) is 2.49. The Morgan fingerprint density at radius 1 is 1.42 bits per heavy atom. The van der Waals surface area contributed by atoms with Crippen LogP contribution in [0.15, 0.2) is 33.9 Å². The molecule has 102 valence electrons. The van der Waals surface area contributed by atoms with Crippen molar-refractivity contribution in [1.29, 1.82) is 0 Å². The van der Waals surface area contributed by atoms with Gasteiger partial charge in [-0.1, -0.05) is 6.07 Å². The minimum atomic E-state index is -3.75. The topological polar surface area (TPSA) is 66.4 Å². The maximum absolute atomic E-state index is 13.4. The van der Waals surface area contributed by atoms with Gasteiger partial charge in [-0.2, -0.15) is 0 Å². The summed E-state index contributed by atoms with van der Waals surface area (Å²) in [6, 6.07) is 5.59. The molecule has 4 nitrogen and oxygen atoms in total. The number of anilines is 1. The highest BCUT2D eigenvalue weighted by Gasteiger charge is 2.18. The van der Waals surface area contributed by atoms with Crippen LogP contribution in [0.3, 0.4) is 0 Å². The van der Waals surface area contributed by atoms with Crippen LogP contribution in [0.2, 0.25) is 0 Å².